The predicted molar refractivity (Wildman–Crippen MR) is 122 cm³/mol. The van der Waals surface area contributed by atoms with Crippen molar-refractivity contribution in [2.75, 3.05) is 5.32 Å². The monoisotopic (exact) mass is 523 g/mol. The third-order valence-electron chi connectivity index (χ3n) is 4.12. The first kappa shape index (κ1) is 22.8. The maximum Gasteiger partial charge on any atom is 0.272 e. The van der Waals surface area contributed by atoms with Gasteiger partial charge in [-0.3, -0.25) is 29.8 Å². The summed E-state index contributed by atoms with van der Waals surface area (Å²) in [6.07, 6.45) is 3.22. The molecule has 0 aliphatic heterocycles. The molecule has 2 heterocycles. The van der Waals surface area contributed by atoms with E-state index in [1.54, 1.807) is 43.6 Å². The number of hydrogen-bond donors (Lipinski definition) is 3. The highest BCUT2D eigenvalue weighted by Crippen LogP contribution is 2.28. The van der Waals surface area contributed by atoms with Gasteiger partial charge in [-0.15, -0.1) is 0 Å². The van der Waals surface area contributed by atoms with Crippen molar-refractivity contribution in [2.24, 2.45) is 0 Å². The van der Waals surface area contributed by atoms with Crippen LogP contribution >= 0.6 is 39.1 Å². The molecule has 0 unspecified atom stereocenters. The summed E-state index contributed by atoms with van der Waals surface area (Å²) in [5.41, 5.74) is 5.59. The highest BCUT2D eigenvalue weighted by molar-refractivity contribution is 9.10. The summed E-state index contributed by atoms with van der Waals surface area (Å²) < 4.78 is 2.17. The summed E-state index contributed by atoms with van der Waals surface area (Å²) in [5, 5.41) is 3.41. The minimum atomic E-state index is -0.638. The number of anilines is 1. The molecule has 3 N–H and O–H groups in total. The van der Waals surface area contributed by atoms with Gasteiger partial charge in [0.05, 0.1) is 16.3 Å². The second-order valence-corrected chi connectivity index (χ2v) is 8.22. The molecule has 0 fully saturated rings. The Morgan fingerprint density at radius 3 is 2.52 bits per heavy atom. The minimum Gasteiger partial charge on any atom is -0.320 e. The van der Waals surface area contributed by atoms with Gasteiger partial charge in [-0.05, 0) is 58.7 Å². The maximum atomic E-state index is 13.2. The van der Waals surface area contributed by atoms with E-state index in [9.17, 15) is 14.4 Å². The van der Waals surface area contributed by atoms with E-state index in [1.807, 2.05) is 0 Å². The first-order valence-corrected chi connectivity index (χ1v) is 10.4. The zero-order chi connectivity index (χ0) is 22.7. The van der Waals surface area contributed by atoms with Crippen LogP contribution in [0.5, 0.6) is 0 Å². The molecule has 11 heteroatoms. The number of nitrogens with zero attached hydrogens (tertiary/aromatic N) is 2. The van der Waals surface area contributed by atoms with Gasteiger partial charge in [0.25, 0.3) is 11.8 Å². The summed E-state index contributed by atoms with van der Waals surface area (Å²) in [6, 6.07) is 7.94. The number of pyridine rings is 1. The molecule has 8 nitrogen and oxygen atoms in total. The van der Waals surface area contributed by atoms with Crippen molar-refractivity contribution < 1.29 is 14.4 Å². The van der Waals surface area contributed by atoms with Gasteiger partial charge in [-0.25, -0.2) is 4.98 Å². The average Bonchev–Trinajstić information content (AvgIpc) is 3.09. The van der Waals surface area contributed by atoms with Crippen molar-refractivity contribution in [1.82, 2.24) is 20.4 Å². The largest absolute Gasteiger partial charge is 0.320 e. The molecular formula is C20H16BrCl2N5O3. The number of benzene rings is 1. The van der Waals surface area contributed by atoms with Crippen molar-refractivity contribution in [1.29, 1.82) is 0 Å². The summed E-state index contributed by atoms with van der Waals surface area (Å²) in [7, 11) is 0. The minimum absolute atomic E-state index is 0.0835. The molecule has 0 bridgehead atoms. The summed E-state index contributed by atoms with van der Waals surface area (Å²) in [4.78, 5) is 41.1. The molecule has 0 saturated heterocycles. The second-order valence-electron chi connectivity index (χ2n) is 6.46. The van der Waals surface area contributed by atoms with Gasteiger partial charge in [0.15, 0.2) is 5.82 Å². The van der Waals surface area contributed by atoms with E-state index in [0.717, 1.165) is 0 Å². The van der Waals surface area contributed by atoms with Gasteiger partial charge in [0, 0.05) is 28.8 Å². The number of hydrazine groups is 1. The summed E-state index contributed by atoms with van der Waals surface area (Å²) >= 11 is 15.7. The van der Waals surface area contributed by atoms with Crippen LogP contribution in [0.25, 0.3) is 5.82 Å². The lowest BCUT2D eigenvalue weighted by molar-refractivity contribution is -0.119. The predicted octanol–water partition coefficient (Wildman–Crippen LogP) is 4.28. The zero-order valence-corrected chi connectivity index (χ0v) is 19.4. The zero-order valence-electron chi connectivity index (χ0n) is 16.3. The van der Waals surface area contributed by atoms with Crippen LogP contribution in [0.2, 0.25) is 10.0 Å². The molecular weight excluding hydrogens is 509 g/mol. The molecule has 160 valence electrons. The van der Waals surface area contributed by atoms with Crippen LogP contribution in [0.3, 0.4) is 0 Å². The highest BCUT2D eigenvalue weighted by Gasteiger charge is 2.21. The van der Waals surface area contributed by atoms with Crippen molar-refractivity contribution >= 4 is 62.5 Å². The maximum absolute atomic E-state index is 13.2. The fourth-order valence-corrected chi connectivity index (χ4v) is 3.72. The van der Waals surface area contributed by atoms with Crippen molar-refractivity contribution in [3.63, 3.8) is 0 Å². The molecule has 0 aliphatic rings. The number of halogens is 3. The van der Waals surface area contributed by atoms with Gasteiger partial charge in [-0.1, -0.05) is 23.2 Å². The Labute approximate surface area is 196 Å². The van der Waals surface area contributed by atoms with Crippen LogP contribution in [-0.2, 0) is 4.79 Å². The number of carbonyl (C=O) groups excluding carboxylic acids is 3. The lowest BCUT2D eigenvalue weighted by atomic mass is 10.1. The standard InChI is InChI=1S/C20H16BrCl2N5O3/c1-10-6-13(22)8-14(19(30)27-26-11(2)29)17(10)25-20(31)16-7-12(21)9-28(16)18-15(23)4-3-5-24-18/h3-9H,1-2H3,(H,25,31)(H,26,29)(H,27,30). The molecule has 0 aliphatic carbocycles. The number of aromatic nitrogens is 2. The molecule has 3 rings (SSSR count). The van der Waals surface area contributed by atoms with Crippen LogP contribution in [0, 0.1) is 6.92 Å². The van der Waals surface area contributed by atoms with Crippen molar-refractivity contribution in [2.45, 2.75) is 13.8 Å². The molecule has 3 amide bonds. The van der Waals surface area contributed by atoms with E-state index in [2.05, 4.69) is 37.1 Å². The molecule has 31 heavy (non-hydrogen) atoms. The van der Waals surface area contributed by atoms with Crippen LogP contribution in [0.15, 0.2) is 47.2 Å². The summed E-state index contributed by atoms with van der Waals surface area (Å²) in [5.74, 6) is -1.23. The number of nitrogens with one attached hydrogen (secondary N) is 3. The third kappa shape index (κ3) is 5.25. The van der Waals surface area contributed by atoms with E-state index in [4.69, 9.17) is 23.2 Å². The molecule has 2 aromatic heterocycles. The first-order valence-electron chi connectivity index (χ1n) is 8.84. The molecule has 0 atom stereocenters. The Bertz CT molecular complexity index is 1200. The Morgan fingerprint density at radius 1 is 1.10 bits per heavy atom. The van der Waals surface area contributed by atoms with Gasteiger partial charge in [0.2, 0.25) is 5.91 Å². The first-order chi connectivity index (χ1) is 14.7. The van der Waals surface area contributed by atoms with Crippen LogP contribution in [0.1, 0.15) is 33.3 Å². The van der Waals surface area contributed by atoms with Crippen LogP contribution in [0.4, 0.5) is 5.69 Å². The van der Waals surface area contributed by atoms with Crippen molar-refractivity contribution in [3.05, 3.63) is 74.1 Å². The third-order valence-corrected chi connectivity index (χ3v) is 5.07. The molecule has 0 saturated carbocycles. The Kier molecular flexibility index (Phi) is 6.99. The average molecular weight is 525 g/mol. The Morgan fingerprint density at radius 2 is 1.84 bits per heavy atom. The van der Waals surface area contributed by atoms with Crippen molar-refractivity contribution in [3.8, 4) is 5.82 Å². The Hall–Kier alpha value is -2.88. The van der Waals surface area contributed by atoms with E-state index in [0.29, 0.717) is 25.9 Å². The summed E-state index contributed by atoms with van der Waals surface area (Å²) in [6.45, 7) is 2.95. The van der Waals surface area contributed by atoms with E-state index >= 15 is 0 Å². The molecule has 0 radical (unpaired) electrons. The van der Waals surface area contributed by atoms with E-state index < -0.39 is 17.7 Å². The lowest BCUT2D eigenvalue weighted by Gasteiger charge is -2.16. The van der Waals surface area contributed by atoms with Gasteiger partial charge in [0.1, 0.15) is 5.69 Å². The molecule has 3 aromatic rings. The fraction of sp³-hybridized carbons (Fsp3) is 0.100. The number of rotatable bonds is 4. The van der Waals surface area contributed by atoms with E-state index in [1.165, 1.54) is 17.6 Å². The van der Waals surface area contributed by atoms with E-state index in [-0.39, 0.29) is 16.9 Å². The van der Waals surface area contributed by atoms with Crippen LogP contribution in [-0.4, -0.2) is 27.3 Å². The number of amides is 3. The SMILES string of the molecule is CC(=O)NNC(=O)c1cc(Cl)cc(C)c1NC(=O)c1cc(Br)cn1-c1ncccc1Cl. The number of carbonyl (C=O) groups is 3. The Balaban J connectivity index is 1.99. The van der Waals surface area contributed by atoms with Crippen LogP contribution < -0.4 is 16.2 Å². The van der Waals surface area contributed by atoms with Gasteiger partial charge >= 0.3 is 0 Å². The number of aryl methyl sites for hydroxylation is 1. The van der Waals surface area contributed by atoms with Gasteiger partial charge in [-0.2, -0.15) is 0 Å². The fourth-order valence-electron chi connectivity index (χ4n) is 2.81. The quantitative estimate of drug-likeness (QED) is 0.443. The topological polar surface area (TPSA) is 105 Å². The van der Waals surface area contributed by atoms with Gasteiger partial charge < -0.3 is 5.32 Å². The normalized spacial score (nSPS) is 10.5. The molecule has 0 spiro atoms. The lowest BCUT2D eigenvalue weighted by Crippen LogP contribution is -2.40. The highest BCUT2D eigenvalue weighted by atomic mass is 79.9. The smallest absolute Gasteiger partial charge is 0.272 e. The molecule has 1 aromatic carbocycles. The second kappa shape index (κ2) is 9.51. The number of hydrogen-bond acceptors (Lipinski definition) is 4.